The zero-order valence-electron chi connectivity index (χ0n) is 11.3. The van der Waals surface area contributed by atoms with Crippen LogP contribution >= 0.6 is 11.8 Å². The summed E-state index contributed by atoms with van der Waals surface area (Å²) in [7, 11) is 0. The van der Waals surface area contributed by atoms with Crippen molar-refractivity contribution < 1.29 is 4.79 Å². The maximum absolute atomic E-state index is 12.0. The van der Waals surface area contributed by atoms with Crippen LogP contribution in [0, 0.1) is 0 Å². The lowest BCUT2D eigenvalue weighted by atomic mass is 10.3. The number of carbonyl (C=O) groups is 1. The van der Waals surface area contributed by atoms with Crippen LogP contribution in [0.5, 0.6) is 0 Å². The summed E-state index contributed by atoms with van der Waals surface area (Å²) < 4.78 is 0. The van der Waals surface area contributed by atoms with Crippen molar-refractivity contribution in [3.8, 4) is 0 Å². The van der Waals surface area contributed by atoms with Crippen molar-refractivity contribution >= 4 is 17.7 Å². The number of pyridine rings is 1. The van der Waals surface area contributed by atoms with Crippen LogP contribution in [-0.4, -0.2) is 34.6 Å². The summed E-state index contributed by atoms with van der Waals surface area (Å²) in [6.07, 6.45) is 5.84. The van der Waals surface area contributed by atoms with Crippen LogP contribution < -0.4 is 0 Å². The summed E-state index contributed by atoms with van der Waals surface area (Å²) in [4.78, 5) is 18.0. The fourth-order valence-corrected chi connectivity index (χ4v) is 2.50. The molecule has 0 saturated heterocycles. The molecule has 1 amide bonds. The Morgan fingerprint density at radius 1 is 1.44 bits per heavy atom. The third-order valence-electron chi connectivity index (χ3n) is 2.73. The number of thioether (sulfide) groups is 1. The molecule has 0 aromatic carbocycles. The van der Waals surface area contributed by atoms with E-state index in [-0.39, 0.29) is 5.91 Å². The zero-order valence-corrected chi connectivity index (χ0v) is 12.1. The predicted molar refractivity (Wildman–Crippen MR) is 77.6 cm³/mol. The number of amides is 1. The highest BCUT2D eigenvalue weighted by Crippen LogP contribution is 2.11. The first-order valence-electron chi connectivity index (χ1n) is 6.52. The van der Waals surface area contributed by atoms with Gasteiger partial charge in [-0.1, -0.05) is 19.4 Å². The first-order chi connectivity index (χ1) is 8.77. The average Bonchev–Trinajstić information content (AvgIpc) is 2.41. The molecule has 0 spiro atoms. The number of hydrogen-bond donors (Lipinski definition) is 0. The van der Waals surface area contributed by atoms with Crippen LogP contribution in [-0.2, 0) is 10.5 Å². The van der Waals surface area contributed by atoms with Crippen molar-refractivity contribution in [3.05, 3.63) is 30.1 Å². The van der Waals surface area contributed by atoms with E-state index in [0.29, 0.717) is 5.75 Å². The van der Waals surface area contributed by atoms with Crippen LogP contribution in [0.1, 0.15) is 32.3 Å². The fourth-order valence-electron chi connectivity index (χ4n) is 1.64. The number of unbranched alkanes of at least 4 members (excludes halogenated alkanes) is 1. The average molecular weight is 266 g/mol. The van der Waals surface area contributed by atoms with E-state index in [9.17, 15) is 4.79 Å². The van der Waals surface area contributed by atoms with Crippen molar-refractivity contribution in [2.24, 2.45) is 0 Å². The largest absolute Gasteiger partial charge is 0.342 e. The van der Waals surface area contributed by atoms with E-state index in [1.165, 1.54) is 5.56 Å². The molecule has 100 valence electrons. The van der Waals surface area contributed by atoms with Gasteiger partial charge in [-0.25, -0.2) is 0 Å². The van der Waals surface area contributed by atoms with Gasteiger partial charge in [0, 0.05) is 31.2 Å². The van der Waals surface area contributed by atoms with E-state index in [2.05, 4.69) is 11.9 Å². The molecule has 1 rings (SSSR count). The molecule has 0 aliphatic heterocycles. The molecule has 0 radical (unpaired) electrons. The number of nitrogens with zero attached hydrogens (tertiary/aromatic N) is 2. The molecule has 0 unspecified atom stereocenters. The molecular weight excluding hydrogens is 244 g/mol. The molecule has 1 heterocycles. The molecule has 1 aromatic heterocycles. The highest BCUT2D eigenvalue weighted by molar-refractivity contribution is 7.99. The Morgan fingerprint density at radius 3 is 2.89 bits per heavy atom. The SMILES string of the molecule is CCCCN(CC)C(=O)CSCc1cccnc1. The topological polar surface area (TPSA) is 33.2 Å². The zero-order chi connectivity index (χ0) is 13.2. The van der Waals surface area contributed by atoms with Gasteiger partial charge in [0.1, 0.15) is 0 Å². The third-order valence-corrected chi connectivity index (χ3v) is 3.72. The van der Waals surface area contributed by atoms with Gasteiger partial charge in [0.15, 0.2) is 0 Å². The highest BCUT2D eigenvalue weighted by atomic mass is 32.2. The number of carbonyl (C=O) groups excluding carboxylic acids is 1. The normalized spacial score (nSPS) is 10.3. The monoisotopic (exact) mass is 266 g/mol. The van der Waals surface area contributed by atoms with E-state index in [4.69, 9.17) is 0 Å². The Kier molecular flexibility index (Phi) is 7.49. The first kappa shape index (κ1) is 15.0. The molecule has 0 aliphatic rings. The Balaban J connectivity index is 2.27. The van der Waals surface area contributed by atoms with Gasteiger partial charge in [-0.2, -0.15) is 0 Å². The van der Waals surface area contributed by atoms with Crippen LogP contribution in [0.2, 0.25) is 0 Å². The molecule has 0 bridgehead atoms. The Morgan fingerprint density at radius 2 is 2.28 bits per heavy atom. The summed E-state index contributed by atoms with van der Waals surface area (Å²) in [5, 5.41) is 0. The minimum Gasteiger partial charge on any atom is -0.342 e. The quantitative estimate of drug-likeness (QED) is 0.725. The minimum absolute atomic E-state index is 0.250. The molecule has 1 aromatic rings. The highest BCUT2D eigenvalue weighted by Gasteiger charge is 2.10. The molecule has 0 atom stereocenters. The molecule has 0 aliphatic carbocycles. The standard InChI is InChI=1S/C14H22N2OS/c1-3-5-9-16(4-2)14(17)12-18-11-13-7-6-8-15-10-13/h6-8,10H,3-5,9,11-12H2,1-2H3. The summed E-state index contributed by atoms with van der Waals surface area (Å²) in [6.45, 7) is 5.89. The summed E-state index contributed by atoms with van der Waals surface area (Å²) in [5.74, 6) is 1.66. The Labute approximate surface area is 114 Å². The summed E-state index contributed by atoms with van der Waals surface area (Å²) in [5.41, 5.74) is 1.17. The molecule has 18 heavy (non-hydrogen) atoms. The van der Waals surface area contributed by atoms with Gasteiger partial charge in [-0.3, -0.25) is 9.78 Å². The lowest BCUT2D eigenvalue weighted by Crippen LogP contribution is -2.33. The lowest BCUT2D eigenvalue weighted by Gasteiger charge is -2.20. The van der Waals surface area contributed by atoms with E-state index in [1.807, 2.05) is 30.2 Å². The van der Waals surface area contributed by atoms with Gasteiger partial charge in [0.05, 0.1) is 5.75 Å². The van der Waals surface area contributed by atoms with E-state index < -0.39 is 0 Å². The summed E-state index contributed by atoms with van der Waals surface area (Å²) in [6, 6.07) is 3.97. The molecule has 0 N–H and O–H groups in total. The van der Waals surface area contributed by atoms with Crippen LogP contribution in [0.4, 0.5) is 0 Å². The first-order valence-corrected chi connectivity index (χ1v) is 7.67. The lowest BCUT2D eigenvalue weighted by molar-refractivity contribution is -0.128. The predicted octanol–water partition coefficient (Wildman–Crippen LogP) is 2.96. The second-order valence-corrected chi connectivity index (χ2v) is 5.17. The molecule has 0 saturated carbocycles. The molecule has 0 fully saturated rings. The van der Waals surface area contributed by atoms with Crippen molar-refractivity contribution in [1.29, 1.82) is 0 Å². The maximum atomic E-state index is 12.0. The number of aromatic nitrogens is 1. The molecule has 4 heteroatoms. The third kappa shape index (κ3) is 5.54. The van der Waals surface area contributed by atoms with Crippen LogP contribution in [0.15, 0.2) is 24.5 Å². The smallest absolute Gasteiger partial charge is 0.232 e. The van der Waals surface area contributed by atoms with Crippen LogP contribution in [0.3, 0.4) is 0 Å². The van der Waals surface area contributed by atoms with Gasteiger partial charge in [0.25, 0.3) is 0 Å². The van der Waals surface area contributed by atoms with Crippen molar-refractivity contribution in [1.82, 2.24) is 9.88 Å². The second-order valence-electron chi connectivity index (χ2n) is 4.18. The summed E-state index contributed by atoms with van der Waals surface area (Å²) >= 11 is 1.66. The van der Waals surface area contributed by atoms with Gasteiger partial charge < -0.3 is 4.90 Å². The second kappa shape index (κ2) is 8.97. The maximum Gasteiger partial charge on any atom is 0.232 e. The Hall–Kier alpha value is -1.03. The van der Waals surface area contributed by atoms with Gasteiger partial charge in [-0.15, -0.1) is 11.8 Å². The molecule has 3 nitrogen and oxygen atoms in total. The van der Waals surface area contributed by atoms with E-state index in [1.54, 1.807) is 18.0 Å². The van der Waals surface area contributed by atoms with E-state index in [0.717, 1.165) is 31.7 Å². The van der Waals surface area contributed by atoms with Crippen molar-refractivity contribution in [2.75, 3.05) is 18.8 Å². The van der Waals surface area contributed by atoms with Crippen molar-refractivity contribution in [2.45, 2.75) is 32.4 Å². The fraction of sp³-hybridized carbons (Fsp3) is 0.571. The number of hydrogen-bond acceptors (Lipinski definition) is 3. The van der Waals surface area contributed by atoms with E-state index >= 15 is 0 Å². The Bertz CT molecular complexity index is 343. The number of rotatable bonds is 8. The van der Waals surface area contributed by atoms with Crippen LogP contribution in [0.25, 0.3) is 0 Å². The van der Waals surface area contributed by atoms with Crippen molar-refractivity contribution in [3.63, 3.8) is 0 Å². The van der Waals surface area contributed by atoms with Gasteiger partial charge in [-0.05, 0) is 25.0 Å². The molecular formula is C14H22N2OS. The van der Waals surface area contributed by atoms with Gasteiger partial charge >= 0.3 is 0 Å². The van der Waals surface area contributed by atoms with Gasteiger partial charge in [0.2, 0.25) is 5.91 Å². The minimum atomic E-state index is 0.250.